The molecule has 13 heavy (non-hydrogen) atoms. The van der Waals surface area contributed by atoms with Crippen molar-refractivity contribution in [3.63, 3.8) is 0 Å². The Balaban J connectivity index is 3.50. The molecule has 0 spiro atoms. The zero-order valence-corrected chi connectivity index (χ0v) is 7.87. The van der Waals surface area contributed by atoms with Gasteiger partial charge in [0.2, 0.25) is 0 Å². The Kier molecular flexibility index (Phi) is 2.49. The summed E-state index contributed by atoms with van der Waals surface area (Å²) in [6, 6.07) is 4.53. The number of benzene rings is 1. The highest BCUT2D eigenvalue weighted by atomic mass is 32.2. The van der Waals surface area contributed by atoms with Crippen molar-refractivity contribution >= 4 is 22.5 Å². The molecule has 0 saturated heterocycles. The molecule has 0 aliphatic heterocycles. The highest BCUT2D eigenvalue weighted by Gasteiger charge is 2.14. The smallest absolute Gasteiger partial charge is 0.282 e. The molecule has 1 N–H and O–H groups in total. The third-order valence-corrected chi connectivity index (χ3v) is 2.45. The summed E-state index contributed by atoms with van der Waals surface area (Å²) in [6.45, 7) is 4.93. The van der Waals surface area contributed by atoms with Crippen LogP contribution in [0.25, 0.3) is 0 Å². The van der Waals surface area contributed by atoms with Crippen LogP contribution in [0.1, 0.15) is 5.56 Å². The van der Waals surface area contributed by atoms with Crippen molar-refractivity contribution in [2.24, 2.45) is 4.99 Å². The van der Waals surface area contributed by atoms with E-state index in [0.717, 1.165) is 5.56 Å². The average molecular weight is 199 g/mol. The largest absolute Gasteiger partial charge is 0.296 e. The number of aryl methyl sites for hydroxylation is 1. The Hall–Kier alpha value is -1.20. The van der Waals surface area contributed by atoms with Gasteiger partial charge in [0.1, 0.15) is 4.90 Å². The van der Waals surface area contributed by atoms with E-state index in [2.05, 4.69) is 11.7 Å². The first-order chi connectivity index (χ1) is 5.95. The van der Waals surface area contributed by atoms with Crippen LogP contribution in [0.3, 0.4) is 0 Å². The maximum Gasteiger partial charge on any atom is 0.296 e. The van der Waals surface area contributed by atoms with Crippen LogP contribution in [0, 0.1) is 6.92 Å². The van der Waals surface area contributed by atoms with Gasteiger partial charge in [0, 0.05) is 0 Å². The average Bonchev–Trinajstić information content (AvgIpc) is 2.03. The van der Waals surface area contributed by atoms with Crippen molar-refractivity contribution in [1.82, 2.24) is 0 Å². The topological polar surface area (TPSA) is 66.7 Å². The normalized spacial score (nSPS) is 11.2. The van der Waals surface area contributed by atoms with E-state index in [1.165, 1.54) is 12.1 Å². The second-order valence-corrected chi connectivity index (χ2v) is 3.99. The van der Waals surface area contributed by atoms with Crippen LogP contribution in [0.5, 0.6) is 0 Å². The number of rotatable bonds is 2. The summed E-state index contributed by atoms with van der Waals surface area (Å²) < 4.78 is 30.5. The van der Waals surface area contributed by atoms with Crippen LogP contribution in [0.2, 0.25) is 0 Å². The van der Waals surface area contributed by atoms with E-state index in [1.807, 2.05) is 0 Å². The summed E-state index contributed by atoms with van der Waals surface area (Å²) in [5.41, 5.74) is 0.896. The molecule has 0 atom stereocenters. The molecule has 0 aliphatic carbocycles. The summed E-state index contributed by atoms with van der Waals surface area (Å²) in [5, 5.41) is 0. The van der Waals surface area contributed by atoms with E-state index in [-0.39, 0.29) is 10.6 Å². The fraction of sp³-hybridized carbons (Fsp3) is 0.125. The van der Waals surface area contributed by atoms with Crippen LogP contribution in [-0.4, -0.2) is 19.7 Å². The lowest BCUT2D eigenvalue weighted by Crippen LogP contribution is -1.98. The van der Waals surface area contributed by atoms with E-state index < -0.39 is 10.1 Å². The quantitative estimate of drug-likeness (QED) is 0.580. The number of aliphatic imine (C=N–C) groups is 1. The Morgan fingerprint density at radius 1 is 1.46 bits per heavy atom. The van der Waals surface area contributed by atoms with Crippen molar-refractivity contribution in [3.05, 3.63) is 23.8 Å². The lowest BCUT2D eigenvalue weighted by Gasteiger charge is -2.02. The van der Waals surface area contributed by atoms with Gasteiger partial charge in [-0.3, -0.25) is 9.55 Å². The van der Waals surface area contributed by atoms with Gasteiger partial charge in [-0.25, -0.2) is 0 Å². The Bertz CT molecular complexity index is 437. The Labute approximate surface area is 76.7 Å². The van der Waals surface area contributed by atoms with E-state index in [4.69, 9.17) is 4.55 Å². The fourth-order valence-electron chi connectivity index (χ4n) is 0.959. The van der Waals surface area contributed by atoms with Gasteiger partial charge in [-0.1, -0.05) is 6.07 Å². The Morgan fingerprint density at radius 3 is 2.54 bits per heavy atom. The van der Waals surface area contributed by atoms with Gasteiger partial charge in [0.25, 0.3) is 10.1 Å². The molecule has 0 radical (unpaired) electrons. The summed E-state index contributed by atoms with van der Waals surface area (Å²) >= 11 is 0. The van der Waals surface area contributed by atoms with E-state index in [9.17, 15) is 8.42 Å². The molecular weight excluding hydrogens is 190 g/mol. The van der Waals surface area contributed by atoms with Crippen molar-refractivity contribution in [1.29, 1.82) is 0 Å². The van der Waals surface area contributed by atoms with Gasteiger partial charge in [-0.15, -0.1) is 0 Å². The van der Waals surface area contributed by atoms with E-state index in [1.54, 1.807) is 13.0 Å². The third-order valence-electron chi connectivity index (χ3n) is 1.56. The van der Waals surface area contributed by atoms with Crippen LogP contribution < -0.4 is 0 Å². The minimum absolute atomic E-state index is 0.160. The lowest BCUT2D eigenvalue weighted by atomic mass is 10.2. The molecule has 70 valence electrons. The maximum absolute atomic E-state index is 10.8. The molecule has 0 aliphatic rings. The fourth-order valence-corrected chi connectivity index (χ4v) is 1.69. The number of hydrogen-bond acceptors (Lipinski definition) is 3. The molecule has 5 heteroatoms. The van der Waals surface area contributed by atoms with Crippen LogP contribution in [-0.2, 0) is 10.1 Å². The maximum atomic E-state index is 10.8. The van der Waals surface area contributed by atoms with Crippen molar-refractivity contribution < 1.29 is 13.0 Å². The predicted octanol–water partition coefficient (Wildman–Crippen LogP) is 1.57. The zero-order chi connectivity index (χ0) is 10.1. The van der Waals surface area contributed by atoms with Gasteiger partial charge in [-0.05, 0) is 31.3 Å². The second-order valence-electron chi connectivity index (χ2n) is 2.60. The second kappa shape index (κ2) is 3.27. The zero-order valence-electron chi connectivity index (χ0n) is 7.06. The van der Waals surface area contributed by atoms with Crippen LogP contribution in [0.4, 0.5) is 5.69 Å². The van der Waals surface area contributed by atoms with Gasteiger partial charge >= 0.3 is 0 Å². The van der Waals surface area contributed by atoms with Gasteiger partial charge in [0.15, 0.2) is 0 Å². The van der Waals surface area contributed by atoms with Gasteiger partial charge < -0.3 is 0 Å². The first kappa shape index (κ1) is 9.88. The highest BCUT2D eigenvalue weighted by Crippen LogP contribution is 2.24. The SMILES string of the molecule is C=Nc1ccc(C)cc1S(=O)(=O)O. The highest BCUT2D eigenvalue weighted by molar-refractivity contribution is 7.86. The first-order valence-corrected chi connectivity index (χ1v) is 4.94. The molecule has 0 heterocycles. The molecule has 0 unspecified atom stereocenters. The molecule has 0 amide bonds. The lowest BCUT2D eigenvalue weighted by molar-refractivity contribution is 0.483. The standard InChI is InChI=1S/C8H9NO3S/c1-6-3-4-7(9-2)8(5-6)13(10,11)12/h3-5H,2H2,1H3,(H,10,11,12). The van der Waals surface area contributed by atoms with Crippen molar-refractivity contribution in [2.45, 2.75) is 11.8 Å². The van der Waals surface area contributed by atoms with Crippen molar-refractivity contribution in [2.75, 3.05) is 0 Å². The number of nitrogens with zero attached hydrogens (tertiary/aromatic N) is 1. The summed E-state index contributed by atoms with van der Waals surface area (Å²) in [7, 11) is -4.20. The van der Waals surface area contributed by atoms with Gasteiger partial charge in [0.05, 0.1) is 5.69 Å². The van der Waals surface area contributed by atoms with Crippen LogP contribution >= 0.6 is 0 Å². The molecule has 1 aromatic rings. The van der Waals surface area contributed by atoms with E-state index >= 15 is 0 Å². The Morgan fingerprint density at radius 2 is 2.08 bits per heavy atom. The summed E-state index contributed by atoms with van der Waals surface area (Å²) in [5.74, 6) is 0. The molecule has 4 nitrogen and oxygen atoms in total. The third kappa shape index (κ3) is 2.13. The number of hydrogen-bond donors (Lipinski definition) is 1. The first-order valence-electron chi connectivity index (χ1n) is 3.50. The molecule has 0 fully saturated rings. The molecule has 1 aromatic carbocycles. The molecular formula is C8H9NO3S. The van der Waals surface area contributed by atoms with E-state index in [0.29, 0.717) is 0 Å². The van der Waals surface area contributed by atoms with Crippen LogP contribution in [0.15, 0.2) is 28.1 Å². The summed E-state index contributed by atoms with van der Waals surface area (Å²) in [6.07, 6.45) is 0. The predicted molar refractivity (Wildman–Crippen MR) is 50.2 cm³/mol. The molecule has 0 saturated carbocycles. The molecule has 1 rings (SSSR count). The molecule has 0 aromatic heterocycles. The van der Waals surface area contributed by atoms with Crippen molar-refractivity contribution in [3.8, 4) is 0 Å². The monoisotopic (exact) mass is 199 g/mol. The summed E-state index contributed by atoms with van der Waals surface area (Å²) in [4.78, 5) is 3.28. The minimum Gasteiger partial charge on any atom is -0.282 e. The minimum atomic E-state index is -4.20. The van der Waals surface area contributed by atoms with Gasteiger partial charge in [-0.2, -0.15) is 8.42 Å². The molecule has 0 bridgehead atoms.